The van der Waals surface area contributed by atoms with Gasteiger partial charge in [-0.3, -0.25) is 0 Å². The average Bonchev–Trinajstić information content (AvgIpc) is 2.42. The third-order valence-corrected chi connectivity index (χ3v) is 4.61. The second-order valence-electron chi connectivity index (χ2n) is 5.57. The maximum absolute atomic E-state index is 11.9. The fourth-order valence-corrected chi connectivity index (χ4v) is 3.54. The molecule has 0 heterocycles. The molecular formula is C13H24N4O4S2. The molecule has 0 aromatic heterocycles. The molecule has 1 amide bonds. The Morgan fingerprint density at radius 2 is 2.17 bits per heavy atom. The highest BCUT2D eigenvalue weighted by Gasteiger charge is 2.28. The van der Waals surface area contributed by atoms with Crippen LogP contribution in [0.1, 0.15) is 27.2 Å². The zero-order valence-electron chi connectivity index (χ0n) is 13.7. The van der Waals surface area contributed by atoms with E-state index in [0.29, 0.717) is 6.42 Å². The van der Waals surface area contributed by atoms with E-state index in [4.69, 9.17) is 20.3 Å². The van der Waals surface area contributed by atoms with Gasteiger partial charge in [0.2, 0.25) is 0 Å². The number of aliphatic hydroxyl groups is 1. The lowest BCUT2D eigenvalue weighted by Gasteiger charge is -2.28. The molecule has 0 saturated carbocycles. The molecule has 0 rings (SSSR count). The standard InChI is InChI=1S/C13H24N4O4S2/c1-13(2,3)21-12(19)17-10(11(18)20-6-5-14)7-9(8-16-15)23-22-4/h9-11,15,18H,6-8H2,1-4H3,(H,17,19)/t9?,10-,11?/m0/s1. The second-order valence-corrected chi connectivity index (χ2v) is 8.34. The highest BCUT2D eigenvalue weighted by molar-refractivity contribution is 8.76. The Bertz CT molecular complexity index is 412. The topological polar surface area (TPSA) is 128 Å². The molecule has 0 bridgehead atoms. The Balaban J connectivity index is 4.88. The van der Waals surface area contributed by atoms with Crippen LogP contribution < -0.4 is 5.32 Å². The third kappa shape index (κ3) is 11.2. The first-order valence-corrected chi connectivity index (χ1v) is 9.54. The lowest BCUT2D eigenvalue weighted by Crippen LogP contribution is -2.48. The van der Waals surface area contributed by atoms with E-state index in [1.54, 1.807) is 26.8 Å². The van der Waals surface area contributed by atoms with Crippen molar-refractivity contribution < 1.29 is 19.4 Å². The summed E-state index contributed by atoms with van der Waals surface area (Å²) in [6, 6.07) is 0.991. The number of nitrogens with one attached hydrogen (secondary N) is 2. The fraction of sp³-hybridized carbons (Fsp3) is 0.846. The Kier molecular flexibility index (Phi) is 11.0. The van der Waals surface area contributed by atoms with E-state index in [2.05, 4.69) is 10.4 Å². The molecule has 0 aromatic carbocycles. The van der Waals surface area contributed by atoms with Crippen LogP contribution in [0.3, 0.4) is 0 Å². The Labute approximate surface area is 144 Å². The van der Waals surface area contributed by atoms with E-state index in [1.807, 2.05) is 6.26 Å². The zero-order valence-corrected chi connectivity index (χ0v) is 15.4. The molecule has 23 heavy (non-hydrogen) atoms. The molecule has 0 aliphatic rings. The van der Waals surface area contributed by atoms with Crippen molar-refractivity contribution in [2.24, 2.45) is 5.11 Å². The van der Waals surface area contributed by atoms with Crippen molar-refractivity contribution in [1.82, 2.24) is 5.32 Å². The van der Waals surface area contributed by atoms with Crippen LogP contribution in [0.25, 0.3) is 0 Å². The van der Waals surface area contributed by atoms with Crippen LogP contribution in [0.4, 0.5) is 4.79 Å². The molecule has 10 heteroatoms. The number of carbonyl (C=O) groups excluding carboxylic acids is 1. The van der Waals surface area contributed by atoms with Crippen molar-refractivity contribution >= 4 is 27.7 Å². The van der Waals surface area contributed by atoms with Gasteiger partial charge in [0, 0.05) is 5.25 Å². The monoisotopic (exact) mass is 364 g/mol. The molecule has 0 saturated heterocycles. The molecule has 0 spiro atoms. The van der Waals surface area contributed by atoms with Gasteiger partial charge >= 0.3 is 6.09 Å². The van der Waals surface area contributed by atoms with Gasteiger partial charge in [0.15, 0.2) is 6.29 Å². The van der Waals surface area contributed by atoms with Crippen LogP contribution >= 0.6 is 21.6 Å². The smallest absolute Gasteiger partial charge is 0.408 e. The van der Waals surface area contributed by atoms with Crippen molar-refractivity contribution in [2.75, 3.05) is 19.4 Å². The first kappa shape index (κ1) is 22.0. The first-order chi connectivity index (χ1) is 10.7. The van der Waals surface area contributed by atoms with Crippen LogP contribution in [0.15, 0.2) is 5.11 Å². The second kappa shape index (κ2) is 11.5. The minimum absolute atomic E-state index is 0.0947. The average molecular weight is 364 g/mol. The summed E-state index contributed by atoms with van der Waals surface area (Å²) in [6.45, 7) is 5.15. The fourth-order valence-electron chi connectivity index (χ4n) is 1.61. The van der Waals surface area contributed by atoms with E-state index in [9.17, 15) is 9.90 Å². The molecule has 0 aliphatic carbocycles. The number of hydrogen-bond donors (Lipinski definition) is 3. The Hall–Kier alpha value is -1.02. The van der Waals surface area contributed by atoms with E-state index < -0.39 is 24.0 Å². The predicted molar refractivity (Wildman–Crippen MR) is 90.3 cm³/mol. The SMILES string of the molecule is CSSC(CN=N)C[C@H](NC(=O)OC(C)(C)C)C(O)OCC#N. The summed E-state index contributed by atoms with van der Waals surface area (Å²) >= 11 is 0. The van der Waals surface area contributed by atoms with Crippen molar-refractivity contribution in [3.8, 4) is 6.07 Å². The summed E-state index contributed by atoms with van der Waals surface area (Å²) in [6.07, 6.45) is 0.177. The minimum atomic E-state index is -1.35. The van der Waals surface area contributed by atoms with Gasteiger partial charge in [-0.1, -0.05) is 21.6 Å². The number of alkyl carbamates (subject to hydrolysis) is 1. The van der Waals surface area contributed by atoms with Crippen molar-refractivity contribution in [1.29, 1.82) is 10.8 Å². The highest BCUT2D eigenvalue weighted by Crippen LogP contribution is 2.28. The number of rotatable bonds is 10. The van der Waals surface area contributed by atoms with Crippen LogP contribution in [-0.2, 0) is 9.47 Å². The molecule has 132 valence electrons. The van der Waals surface area contributed by atoms with Crippen molar-refractivity contribution in [2.45, 2.75) is 50.4 Å². The van der Waals surface area contributed by atoms with Crippen molar-refractivity contribution in [3.63, 3.8) is 0 Å². The maximum Gasteiger partial charge on any atom is 0.408 e. The van der Waals surface area contributed by atoms with Gasteiger partial charge in [-0.15, -0.1) is 0 Å². The van der Waals surface area contributed by atoms with Gasteiger partial charge < -0.3 is 19.9 Å². The number of ether oxygens (including phenoxy) is 2. The zero-order chi connectivity index (χ0) is 17.9. The third-order valence-electron chi connectivity index (χ3n) is 2.41. The van der Waals surface area contributed by atoms with E-state index in [0.717, 1.165) is 0 Å². The molecule has 0 aliphatic heterocycles. The summed E-state index contributed by atoms with van der Waals surface area (Å²) in [5.74, 6) is 0. The van der Waals surface area contributed by atoms with Crippen LogP contribution in [0, 0.1) is 16.9 Å². The Morgan fingerprint density at radius 1 is 1.52 bits per heavy atom. The predicted octanol–water partition coefficient (Wildman–Crippen LogP) is 2.54. The van der Waals surface area contributed by atoms with E-state index in [-0.39, 0.29) is 18.4 Å². The number of carbonyl (C=O) groups is 1. The molecule has 0 aromatic rings. The molecule has 0 fully saturated rings. The molecule has 2 unspecified atom stereocenters. The summed E-state index contributed by atoms with van der Waals surface area (Å²) in [4.78, 5) is 11.9. The quantitative estimate of drug-likeness (QED) is 0.309. The number of amides is 1. The van der Waals surface area contributed by atoms with Gasteiger partial charge in [0.25, 0.3) is 0 Å². The van der Waals surface area contributed by atoms with Crippen LogP contribution in [0.2, 0.25) is 0 Å². The molecule has 0 radical (unpaired) electrons. The lowest BCUT2D eigenvalue weighted by molar-refractivity contribution is -0.110. The summed E-state index contributed by atoms with van der Waals surface area (Å²) in [5.41, 5.74) is 6.32. The van der Waals surface area contributed by atoms with Crippen LogP contribution in [-0.4, -0.2) is 53.8 Å². The van der Waals surface area contributed by atoms with Gasteiger partial charge in [-0.05, 0) is 33.4 Å². The molecule has 3 atom stereocenters. The minimum Gasteiger partial charge on any atom is -0.444 e. The largest absolute Gasteiger partial charge is 0.444 e. The van der Waals surface area contributed by atoms with E-state index in [1.165, 1.54) is 21.6 Å². The van der Waals surface area contributed by atoms with Crippen LogP contribution in [0.5, 0.6) is 0 Å². The number of nitrogens with zero attached hydrogens (tertiary/aromatic N) is 2. The molecular weight excluding hydrogens is 340 g/mol. The maximum atomic E-state index is 11.9. The van der Waals surface area contributed by atoms with Crippen molar-refractivity contribution in [3.05, 3.63) is 0 Å². The summed E-state index contributed by atoms with van der Waals surface area (Å²) in [5, 5.41) is 24.4. The van der Waals surface area contributed by atoms with Gasteiger partial charge in [-0.25, -0.2) is 10.3 Å². The molecule has 3 N–H and O–H groups in total. The summed E-state index contributed by atoms with van der Waals surface area (Å²) < 4.78 is 10.1. The molecule has 8 nitrogen and oxygen atoms in total. The normalized spacial score (nSPS) is 15.1. The highest BCUT2D eigenvalue weighted by atomic mass is 33.1. The Morgan fingerprint density at radius 3 is 2.65 bits per heavy atom. The lowest BCUT2D eigenvalue weighted by atomic mass is 10.1. The van der Waals surface area contributed by atoms with Gasteiger partial charge in [0.05, 0.1) is 18.7 Å². The van der Waals surface area contributed by atoms with Gasteiger partial charge in [0.1, 0.15) is 12.2 Å². The first-order valence-electron chi connectivity index (χ1n) is 6.92. The number of hydrogen-bond acceptors (Lipinski definition) is 9. The van der Waals surface area contributed by atoms with E-state index >= 15 is 0 Å². The van der Waals surface area contributed by atoms with Gasteiger partial charge in [-0.2, -0.15) is 10.4 Å². The number of nitriles is 1. The number of aliphatic hydroxyl groups excluding tert-OH is 1. The summed E-state index contributed by atoms with van der Waals surface area (Å²) in [7, 11) is 2.99.